The molecular weight excluding hydrogens is 272 g/mol. The highest BCUT2D eigenvalue weighted by molar-refractivity contribution is 5.91. The molecule has 6 heteroatoms. The number of hydrogen-bond acceptors (Lipinski definition) is 4. The van der Waals surface area contributed by atoms with Gasteiger partial charge in [-0.15, -0.1) is 0 Å². The highest BCUT2D eigenvalue weighted by Crippen LogP contribution is 2.45. The lowest BCUT2D eigenvalue weighted by Gasteiger charge is -2.46. The first kappa shape index (κ1) is 15.5. The molecule has 0 bridgehead atoms. The first-order valence-electron chi connectivity index (χ1n) is 7.20. The predicted molar refractivity (Wildman–Crippen MR) is 75.8 cm³/mol. The van der Waals surface area contributed by atoms with Crippen molar-refractivity contribution in [2.75, 3.05) is 0 Å². The minimum Gasteiger partial charge on any atom is -0.481 e. The number of amides is 1. The summed E-state index contributed by atoms with van der Waals surface area (Å²) in [6.07, 6.45) is 1.22. The molecule has 0 aromatic carbocycles. The second-order valence-corrected chi connectivity index (χ2v) is 6.49. The Kier molecular flexibility index (Phi) is 4.07. The number of carboxylic acids is 1. The van der Waals surface area contributed by atoms with Gasteiger partial charge in [-0.05, 0) is 31.1 Å². The van der Waals surface area contributed by atoms with Crippen LogP contribution in [-0.4, -0.2) is 28.2 Å². The van der Waals surface area contributed by atoms with Gasteiger partial charge in [-0.3, -0.25) is 9.59 Å². The van der Waals surface area contributed by atoms with Crippen molar-refractivity contribution < 1.29 is 19.2 Å². The molecule has 0 aliphatic heterocycles. The Morgan fingerprint density at radius 3 is 2.62 bits per heavy atom. The molecule has 0 spiro atoms. The topological polar surface area (TPSA) is 92.4 Å². The van der Waals surface area contributed by atoms with Crippen LogP contribution in [0.2, 0.25) is 0 Å². The van der Waals surface area contributed by atoms with Crippen molar-refractivity contribution in [3.05, 3.63) is 17.5 Å². The third-order valence-corrected chi connectivity index (χ3v) is 4.91. The molecule has 6 nitrogen and oxygen atoms in total. The molecule has 3 atom stereocenters. The Balaban J connectivity index is 2.09. The Labute approximate surface area is 123 Å². The van der Waals surface area contributed by atoms with Crippen LogP contribution < -0.4 is 5.32 Å². The van der Waals surface area contributed by atoms with Gasteiger partial charge in [-0.25, -0.2) is 0 Å². The van der Waals surface area contributed by atoms with Crippen LogP contribution in [0.25, 0.3) is 0 Å². The predicted octanol–water partition coefficient (Wildman–Crippen LogP) is 2.24. The number of carbonyl (C=O) groups is 2. The summed E-state index contributed by atoms with van der Waals surface area (Å²) < 4.78 is 4.96. The number of aromatic nitrogens is 1. The van der Waals surface area contributed by atoms with E-state index in [1.165, 1.54) is 0 Å². The summed E-state index contributed by atoms with van der Waals surface area (Å²) in [5.41, 5.74) is 0.280. The van der Waals surface area contributed by atoms with E-state index in [0.717, 1.165) is 0 Å². The zero-order valence-electron chi connectivity index (χ0n) is 12.8. The maximum absolute atomic E-state index is 12.1. The van der Waals surface area contributed by atoms with E-state index < -0.39 is 5.97 Å². The largest absolute Gasteiger partial charge is 0.481 e. The molecule has 1 aromatic rings. The van der Waals surface area contributed by atoms with Crippen molar-refractivity contribution in [1.29, 1.82) is 0 Å². The van der Waals surface area contributed by atoms with Crippen molar-refractivity contribution in [3.63, 3.8) is 0 Å². The monoisotopic (exact) mass is 294 g/mol. The van der Waals surface area contributed by atoms with E-state index in [0.29, 0.717) is 18.5 Å². The Morgan fingerprint density at radius 1 is 1.43 bits per heavy atom. The molecule has 1 saturated carbocycles. The smallest absolute Gasteiger partial charge is 0.307 e. The molecule has 1 amide bonds. The van der Waals surface area contributed by atoms with E-state index in [4.69, 9.17) is 4.52 Å². The number of carbonyl (C=O) groups excluding carboxylic acids is 1. The van der Waals surface area contributed by atoms with Crippen LogP contribution in [0.4, 0.5) is 0 Å². The molecule has 1 aromatic heterocycles. The van der Waals surface area contributed by atoms with E-state index in [2.05, 4.69) is 10.5 Å². The fraction of sp³-hybridized carbons (Fsp3) is 0.667. The van der Waals surface area contributed by atoms with E-state index >= 15 is 0 Å². The Bertz CT molecular complexity index is 550. The number of hydrogen-bond donors (Lipinski definition) is 2. The van der Waals surface area contributed by atoms with Gasteiger partial charge in [0.1, 0.15) is 0 Å². The summed E-state index contributed by atoms with van der Waals surface area (Å²) in [5, 5.41) is 16.0. The summed E-state index contributed by atoms with van der Waals surface area (Å²) in [7, 11) is 0. The molecule has 21 heavy (non-hydrogen) atoms. The average Bonchev–Trinajstić information content (AvgIpc) is 2.81. The summed E-state index contributed by atoms with van der Waals surface area (Å²) in [4.78, 5) is 23.5. The summed E-state index contributed by atoms with van der Waals surface area (Å²) in [6, 6.07) is 1.53. The number of nitrogens with one attached hydrogen (secondary N) is 1. The molecule has 2 N–H and O–H groups in total. The van der Waals surface area contributed by atoms with Crippen LogP contribution in [-0.2, 0) is 4.79 Å². The number of nitrogens with zero attached hydrogens (tertiary/aromatic N) is 1. The van der Waals surface area contributed by atoms with Crippen molar-refractivity contribution in [1.82, 2.24) is 10.5 Å². The molecule has 0 radical (unpaired) electrons. The Morgan fingerprint density at radius 2 is 2.10 bits per heavy atom. The van der Waals surface area contributed by atoms with Crippen molar-refractivity contribution in [2.45, 2.75) is 46.6 Å². The maximum Gasteiger partial charge on any atom is 0.307 e. The molecule has 2 rings (SSSR count). The van der Waals surface area contributed by atoms with Crippen LogP contribution in [0.1, 0.15) is 49.9 Å². The number of aliphatic carboxylic acids is 1. The van der Waals surface area contributed by atoms with Crippen LogP contribution in [0.15, 0.2) is 10.6 Å². The van der Waals surface area contributed by atoms with Gasteiger partial charge in [0.25, 0.3) is 5.91 Å². The molecule has 116 valence electrons. The molecule has 3 unspecified atom stereocenters. The van der Waals surface area contributed by atoms with Gasteiger partial charge in [-0.1, -0.05) is 25.9 Å². The van der Waals surface area contributed by atoms with Crippen LogP contribution in [0.5, 0.6) is 0 Å². The van der Waals surface area contributed by atoms with E-state index in [9.17, 15) is 14.7 Å². The summed E-state index contributed by atoms with van der Waals surface area (Å²) in [5.74, 6) is -1.19. The minimum atomic E-state index is -0.762. The molecular formula is C15H22N2O4. The minimum absolute atomic E-state index is 0.0559. The lowest BCUT2D eigenvalue weighted by atomic mass is 9.61. The molecule has 1 aliphatic rings. The van der Waals surface area contributed by atoms with Gasteiger partial charge >= 0.3 is 5.97 Å². The van der Waals surface area contributed by atoms with Crippen molar-refractivity contribution >= 4 is 11.9 Å². The third-order valence-electron chi connectivity index (χ3n) is 4.91. The summed E-state index contributed by atoms with van der Waals surface area (Å²) >= 11 is 0. The van der Waals surface area contributed by atoms with Crippen LogP contribution in [0, 0.1) is 24.2 Å². The zero-order chi connectivity index (χ0) is 15.8. The number of carboxylic acid groups (broad SMARTS) is 1. The lowest BCUT2D eigenvalue weighted by Crippen LogP contribution is -2.52. The van der Waals surface area contributed by atoms with E-state index in [1.54, 1.807) is 13.0 Å². The fourth-order valence-corrected chi connectivity index (χ4v) is 3.15. The highest BCUT2D eigenvalue weighted by Gasteiger charge is 2.46. The highest BCUT2D eigenvalue weighted by atomic mass is 16.5. The van der Waals surface area contributed by atoms with Gasteiger partial charge in [0.05, 0.1) is 11.6 Å². The maximum atomic E-state index is 12.1. The second kappa shape index (κ2) is 5.50. The third kappa shape index (κ3) is 2.94. The number of rotatable bonds is 3. The lowest BCUT2D eigenvalue weighted by molar-refractivity contribution is -0.150. The number of aryl methyl sites for hydroxylation is 1. The van der Waals surface area contributed by atoms with Gasteiger partial charge < -0.3 is 14.9 Å². The molecule has 1 heterocycles. The van der Waals surface area contributed by atoms with Gasteiger partial charge in [-0.2, -0.15) is 0 Å². The average molecular weight is 294 g/mol. The van der Waals surface area contributed by atoms with Crippen molar-refractivity contribution in [3.8, 4) is 0 Å². The van der Waals surface area contributed by atoms with Gasteiger partial charge in [0.15, 0.2) is 0 Å². The standard InChI is InChI=1S/C15H22N2O4/c1-8-7-12(21-17-8)13(18)16-11-6-5-10(14(19)20)15(3,4)9(11)2/h7,9-11H,5-6H2,1-4H3,(H,16,18)(H,19,20). The first-order valence-corrected chi connectivity index (χ1v) is 7.20. The summed E-state index contributed by atoms with van der Waals surface area (Å²) in [6.45, 7) is 7.65. The zero-order valence-corrected chi connectivity index (χ0v) is 12.8. The SMILES string of the molecule is Cc1cc(C(=O)NC2CCC(C(=O)O)C(C)(C)C2C)on1. The van der Waals surface area contributed by atoms with Crippen LogP contribution in [0.3, 0.4) is 0 Å². The van der Waals surface area contributed by atoms with E-state index in [-0.39, 0.29) is 35.0 Å². The second-order valence-electron chi connectivity index (χ2n) is 6.49. The quantitative estimate of drug-likeness (QED) is 0.892. The molecule has 1 fully saturated rings. The molecule has 1 aliphatic carbocycles. The fourth-order valence-electron chi connectivity index (χ4n) is 3.15. The normalized spacial score (nSPS) is 28.1. The first-order chi connectivity index (χ1) is 9.73. The van der Waals surface area contributed by atoms with Crippen molar-refractivity contribution in [2.24, 2.45) is 17.3 Å². The van der Waals surface area contributed by atoms with Gasteiger partial charge in [0.2, 0.25) is 5.76 Å². The van der Waals surface area contributed by atoms with Gasteiger partial charge in [0, 0.05) is 12.1 Å². The Hall–Kier alpha value is -1.85. The van der Waals surface area contributed by atoms with Crippen LogP contribution >= 0.6 is 0 Å². The van der Waals surface area contributed by atoms with E-state index in [1.807, 2.05) is 20.8 Å². The molecule has 0 saturated heterocycles.